The number of benzene rings is 3. The highest BCUT2D eigenvalue weighted by Gasteiger charge is 2.46. The number of rotatable bonds is 7. The van der Waals surface area contributed by atoms with Gasteiger partial charge in [0.2, 0.25) is 0 Å². The van der Waals surface area contributed by atoms with Crippen LogP contribution in [0.3, 0.4) is 0 Å². The van der Waals surface area contributed by atoms with E-state index in [2.05, 4.69) is 5.32 Å². The minimum atomic E-state index is -5.08. The molecular weight excluding hydrogens is 569 g/mol. The molecule has 0 aliphatic carbocycles. The molecule has 0 radical (unpaired) electrons. The summed E-state index contributed by atoms with van der Waals surface area (Å²) in [5.41, 5.74) is 3.38. The summed E-state index contributed by atoms with van der Waals surface area (Å²) in [6, 6.07) is 21.8. The van der Waals surface area contributed by atoms with Gasteiger partial charge in [0.05, 0.1) is 30.1 Å². The van der Waals surface area contributed by atoms with Crippen LogP contribution in [0.4, 0.5) is 24.7 Å². The first-order valence-corrected chi connectivity index (χ1v) is 13.1. The molecule has 1 fully saturated rings. The summed E-state index contributed by atoms with van der Waals surface area (Å²) in [5, 5.41) is 20.5. The number of nitrogens with zero attached hydrogens (tertiary/aromatic N) is 1. The van der Waals surface area contributed by atoms with Crippen molar-refractivity contribution in [1.29, 1.82) is 0 Å². The molecule has 5 rings (SSSR count). The number of hydrogen-bond donors (Lipinski definition) is 3. The number of fused-ring (bicyclic) bond motifs is 1. The average Bonchev–Trinajstić information content (AvgIpc) is 2.93. The lowest BCUT2D eigenvalue weighted by Gasteiger charge is -2.49. The highest BCUT2D eigenvalue weighted by Crippen LogP contribution is 2.39. The van der Waals surface area contributed by atoms with Crippen LogP contribution in [0, 0.1) is 6.92 Å². The van der Waals surface area contributed by atoms with Crippen molar-refractivity contribution in [3.8, 4) is 0 Å². The van der Waals surface area contributed by atoms with Crippen molar-refractivity contribution in [3.63, 3.8) is 0 Å². The molecule has 2 heterocycles. The number of carbonyl (C=O) groups is 2. The molecule has 43 heavy (non-hydrogen) atoms. The van der Waals surface area contributed by atoms with Gasteiger partial charge in [-0.05, 0) is 43.2 Å². The Morgan fingerprint density at radius 3 is 2.21 bits per heavy atom. The third-order valence-electron chi connectivity index (χ3n) is 7.12. The van der Waals surface area contributed by atoms with E-state index in [9.17, 15) is 27.9 Å². The van der Waals surface area contributed by atoms with Crippen molar-refractivity contribution in [2.75, 3.05) is 30.4 Å². The van der Waals surface area contributed by atoms with Gasteiger partial charge in [-0.2, -0.15) is 13.2 Å². The second-order valence-corrected chi connectivity index (χ2v) is 10.1. The minimum Gasteiger partial charge on any atom is -0.478 e. The maximum atomic E-state index is 13.2. The van der Waals surface area contributed by atoms with E-state index in [1.165, 1.54) is 6.07 Å². The number of halogens is 3. The molecule has 3 N–H and O–H groups in total. The SMILES string of the molecule is COC1(c2ccccc2)CN(c2cc(=O)c3cc(C)cc(C(C)Nc4ccccc4C(=O)O)c3o2)C1.O=C(O)C(F)(F)F. The van der Waals surface area contributed by atoms with Gasteiger partial charge in [-0.15, -0.1) is 0 Å². The predicted molar refractivity (Wildman–Crippen MR) is 154 cm³/mol. The summed E-state index contributed by atoms with van der Waals surface area (Å²) < 4.78 is 44.0. The van der Waals surface area contributed by atoms with E-state index in [1.807, 2.05) is 61.2 Å². The zero-order valence-electron chi connectivity index (χ0n) is 23.4. The zero-order chi connectivity index (χ0) is 31.5. The number of hydrogen-bond acceptors (Lipinski definition) is 7. The van der Waals surface area contributed by atoms with Crippen molar-refractivity contribution < 1.29 is 42.1 Å². The number of alkyl halides is 3. The molecule has 1 aliphatic heterocycles. The smallest absolute Gasteiger partial charge is 0.478 e. The number of para-hydroxylation sites is 1. The summed E-state index contributed by atoms with van der Waals surface area (Å²) >= 11 is 0. The van der Waals surface area contributed by atoms with Gasteiger partial charge in [-0.25, -0.2) is 9.59 Å². The number of carboxylic acid groups (broad SMARTS) is 2. The Bertz CT molecular complexity index is 1700. The quantitative estimate of drug-likeness (QED) is 0.236. The topological polar surface area (TPSA) is 129 Å². The first-order chi connectivity index (χ1) is 20.3. The second kappa shape index (κ2) is 12.2. The van der Waals surface area contributed by atoms with E-state index < -0.39 is 23.7 Å². The van der Waals surface area contributed by atoms with Crippen LogP contribution in [-0.4, -0.2) is 48.5 Å². The molecule has 0 spiro atoms. The predicted octanol–water partition coefficient (Wildman–Crippen LogP) is 5.97. The van der Waals surface area contributed by atoms with Crippen LogP contribution in [0.25, 0.3) is 11.0 Å². The largest absolute Gasteiger partial charge is 0.490 e. The third kappa shape index (κ3) is 6.64. The van der Waals surface area contributed by atoms with Crippen LogP contribution in [-0.2, 0) is 15.1 Å². The first kappa shape index (κ1) is 31.1. The Morgan fingerprint density at radius 2 is 1.63 bits per heavy atom. The lowest BCUT2D eigenvalue weighted by atomic mass is 9.86. The van der Waals surface area contributed by atoms with Gasteiger partial charge in [0.25, 0.3) is 0 Å². The van der Waals surface area contributed by atoms with Crippen molar-refractivity contribution in [3.05, 3.63) is 105 Å². The van der Waals surface area contributed by atoms with E-state index in [1.54, 1.807) is 31.4 Å². The van der Waals surface area contributed by atoms with Gasteiger partial charge in [0.15, 0.2) is 11.3 Å². The maximum Gasteiger partial charge on any atom is 0.490 e. The van der Waals surface area contributed by atoms with Gasteiger partial charge >= 0.3 is 18.1 Å². The van der Waals surface area contributed by atoms with E-state index in [0.717, 1.165) is 16.7 Å². The molecule has 1 saturated heterocycles. The van der Waals surface area contributed by atoms with Gasteiger partial charge < -0.3 is 29.6 Å². The molecule has 0 bridgehead atoms. The van der Waals surface area contributed by atoms with Crippen LogP contribution >= 0.6 is 0 Å². The summed E-state index contributed by atoms with van der Waals surface area (Å²) in [7, 11) is 1.70. The average molecular weight is 599 g/mol. The van der Waals surface area contributed by atoms with Crippen LogP contribution in [0.15, 0.2) is 82.0 Å². The number of ether oxygens (including phenoxy) is 1. The lowest BCUT2D eigenvalue weighted by molar-refractivity contribution is -0.192. The molecule has 1 aliphatic rings. The van der Waals surface area contributed by atoms with Crippen LogP contribution in [0.1, 0.15) is 40.0 Å². The fourth-order valence-electron chi connectivity index (χ4n) is 4.90. The molecule has 0 amide bonds. The number of nitrogens with one attached hydrogen (secondary N) is 1. The number of methoxy groups -OCH3 is 1. The fourth-order valence-corrected chi connectivity index (χ4v) is 4.90. The lowest BCUT2D eigenvalue weighted by Crippen LogP contribution is -2.60. The molecule has 1 aromatic heterocycles. The van der Waals surface area contributed by atoms with Crippen molar-refractivity contribution >= 4 is 34.5 Å². The maximum absolute atomic E-state index is 13.2. The molecular formula is C31H29F3N2O7. The molecule has 9 nitrogen and oxygen atoms in total. The minimum absolute atomic E-state index is 0.121. The number of aryl methyl sites for hydroxylation is 1. The highest BCUT2D eigenvalue weighted by atomic mass is 19.4. The van der Waals surface area contributed by atoms with Crippen molar-refractivity contribution in [2.24, 2.45) is 0 Å². The summed E-state index contributed by atoms with van der Waals surface area (Å²) in [5.74, 6) is -3.28. The normalized spacial score (nSPS) is 14.7. The van der Waals surface area contributed by atoms with E-state index in [-0.39, 0.29) is 17.0 Å². The zero-order valence-corrected chi connectivity index (χ0v) is 23.4. The van der Waals surface area contributed by atoms with Crippen LogP contribution < -0.4 is 15.6 Å². The van der Waals surface area contributed by atoms with Crippen molar-refractivity contribution in [1.82, 2.24) is 0 Å². The third-order valence-corrected chi connectivity index (χ3v) is 7.12. The molecule has 1 unspecified atom stereocenters. The molecule has 4 aromatic rings. The fraction of sp³-hybridized carbons (Fsp3) is 0.258. The first-order valence-electron chi connectivity index (χ1n) is 13.1. The van der Waals surface area contributed by atoms with Gasteiger partial charge in [0.1, 0.15) is 11.2 Å². The van der Waals surface area contributed by atoms with Crippen molar-refractivity contribution in [2.45, 2.75) is 31.7 Å². The Hall–Kier alpha value is -4.84. The number of aliphatic carboxylic acids is 1. The number of aromatic carboxylic acids is 1. The Morgan fingerprint density at radius 1 is 1.02 bits per heavy atom. The van der Waals surface area contributed by atoms with Gasteiger partial charge in [-0.3, -0.25) is 4.79 Å². The number of carboxylic acids is 2. The molecule has 0 saturated carbocycles. The van der Waals surface area contributed by atoms with E-state index in [0.29, 0.717) is 35.6 Å². The molecule has 1 atom stereocenters. The Balaban J connectivity index is 0.000000541. The molecule has 3 aromatic carbocycles. The van der Waals surface area contributed by atoms with E-state index in [4.69, 9.17) is 19.1 Å². The van der Waals surface area contributed by atoms with Crippen LogP contribution in [0.5, 0.6) is 0 Å². The Kier molecular flexibility index (Phi) is 8.81. The summed E-state index contributed by atoms with van der Waals surface area (Å²) in [4.78, 5) is 35.7. The van der Waals surface area contributed by atoms with Gasteiger partial charge in [-0.1, -0.05) is 48.5 Å². The number of anilines is 2. The highest BCUT2D eigenvalue weighted by molar-refractivity contribution is 5.94. The van der Waals surface area contributed by atoms with E-state index >= 15 is 0 Å². The monoisotopic (exact) mass is 598 g/mol. The van der Waals surface area contributed by atoms with Crippen LogP contribution in [0.2, 0.25) is 0 Å². The molecule has 226 valence electrons. The summed E-state index contributed by atoms with van der Waals surface area (Å²) in [6.07, 6.45) is -5.08. The Labute approximate surface area is 244 Å². The standard InChI is InChI=1S/C29H28N2O5.C2HF3O2/c1-18-13-22(19(2)30-24-12-8-7-11-21(24)28(33)34)27-23(14-18)25(32)15-26(36-27)31-16-29(17-31,35-3)20-9-5-4-6-10-20;3-2(4,5)1(6)7/h4-15,19,30H,16-17H2,1-3H3,(H,33,34);(H,6,7). The molecule has 12 heteroatoms. The second-order valence-electron chi connectivity index (χ2n) is 10.1. The van der Waals surface area contributed by atoms with Gasteiger partial charge in [0, 0.05) is 24.4 Å². The summed E-state index contributed by atoms with van der Waals surface area (Å²) in [6.45, 7) is 4.97.